The number of aryl methyl sites for hydroxylation is 3. The van der Waals surface area contributed by atoms with Gasteiger partial charge in [0.2, 0.25) is 5.91 Å². The Hall–Kier alpha value is -3.07. The summed E-state index contributed by atoms with van der Waals surface area (Å²) < 4.78 is 0. The van der Waals surface area contributed by atoms with Crippen LogP contribution in [0.4, 0.5) is 10.9 Å². The summed E-state index contributed by atoms with van der Waals surface area (Å²) in [5, 5.41) is 4.13. The van der Waals surface area contributed by atoms with Gasteiger partial charge in [0.1, 0.15) is 11.6 Å². The molecule has 1 amide bonds. The number of amides is 1. The number of nitrogens with zero attached hydrogens (tertiary/aromatic N) is 5. The lowest BCUT2D eigenvalue weighted by Crippen LogP contribution is -2.26. The van der Waals surface area contributed by atoms with Gasteiger partial charge in [-0.1, -0.05) is 0 Å². The second-order valence-electron chi connectivity index (χ2n) is 7.12. The van der Waals surface area contributed by atoms with Crippen molar-refractivity contribution in [2.45, 2.75) is 33.1 Å². The number of nitrogens with one attached hydrogen (secondary N) is 2. The molecule has 1 saturated heterocycles. The van der Waals surface area contributed by atoms with Crippen LogP contribution in [-0.4, -0.2) is 48.8 Å². The van der Waals surface area contributed by atoms with Crippen LogP contribution < -0.4 is 5.32 Å². The van der Waals surface area contributed by atoms with Crippen molar-refractivity contribution in [3.8, 4) is 0 Å². The van der Waals surface area contributed by atoms with Gasteiger partial charge in [0.15, 0.2) is 5.13 Å². The Morgan fingerprint density at radius 1 is 1.31 bits per heavy atom. The van der Waals surface area contributed by atoms with Crippen LogP contribution in [-0.2, 0) is 4.79 Å². The van der Waals surface area contributed by atoms with E-state index < -0.39 is 0 Å². The van der Waals surface area contributed by atoms with Crippen molar-refractivity contribution in [3.63, 3.8) is 0 Å². The van der Waals surface area contributed by atoms with E-state index in [9.17, 15) is 4.79 Å². The van der Waals surface area contributed by atoms with Crippen LogP contribution >= 0.6 is 11.3 Å². The highest BCUT2D eigenvalue weighted by Gasteiger charge is 2.27. The van der Waals surface area contributed by atoms with E-state index in [1.807, 2.05) is 24.8 Å². The molecule has 0 spiro atoms. The van der Waals surface area contributed by atoms with Gasteiger partial charge in [-0.15, -0.1) is 11.3 Å². The molecule has 3 aromatic heterocycles. The molecule has 0 aromatic carbocycles. The predicted molar refractivity (Wildman–Crippen MR) is 113 cm³/mol. The largest absolute Gasteiger partial charge is 0.345 e. The summed E-state index contributed by atoms with van der Waals surface area (Å²) >= 11 is 1.61. The zero-order valence-electron chi connectivity index (χ0n) is 16.6. The molecule has 9 heteroatoms. The van der Waals surface area contributed by atoms with Crippen LogP contribution in [0.25, 0.3) is 6.08 Å². The summed E-state index contributed by atoms with van der Waals surface area (Å²) in [6.45, 7) is 7.31. The second kappa shape index (κ2) is 8.12. The summed E-state index contributed by atoms with van der Waals surface area (Å²) in [4.78, 5) is 36.1. The summed E-state index contributed by atoms with van der Waals surface area (Å²) in [6, 6.07) is 1.97. The Kier molecular flexibility index (Phi) is 5.39. The van der Waals surface area contributed by atoms with Gasteiger partial charge in [-0.25, -0.2) is 19.9 Å². The Labute approximate surface area is 173 Å². The number of carbonyl (C=O) groups excluding carboxylic acids is 1. The van der Waals surface area contributed by atoms with Crippen molar-refractivity contribution >= 4 is 34.3 Å². The molecule has 0 bridgehead atoms. The average Bonchev–Trinajstić information content (AvgIpc) is 3.42. The fourth-order valence-electron chi connectivity index (χ4n) is 3.33. The first-order valence-corrected chi connectivity index (χ1v) is 10.3. The minimum Gasteiger partial charge on any atom is -0.345 e. The lowest BCUT2D eigenvalue weighted by Gasteiger charge is -2.15. The monoisotopic (exact) mass is 409 g/mol. The fourth-order valence-corrected chi connectivity index (χ4v) is 4.15. The topological polar surface area (TPSA) is 99.7 Å². The number of aromatic amines is 1. The molecule has 150 valence electrons. The highest BCUT2D eigenvalue weighted by molar-refractivity contribution is 7.15. The van der Waals surface area contributed by atoms with E-state index in [4.69, 9.17) is 0 Å². The highest BCUT2D eigenvalue weighted by Crippen LogP contribution is 2.29. The van der Waals surface area contributed by atoms with Crippen molar-refractivity contribution < 1.29 is 4.79 Å². The number of imidazole rings is 1. The number of aromatic nitrogens is 5. The van der Waals surface area contributed by atoms with Crippen LogP contribution in [0.15, 0.2) is 24.7 Å². The number of rotatable bonds is 5. The molecule has 1 atom stereocenters. The molecule has 1 fully saturated rings. The lowest BCUT2D eigenvalue weighted by atomic mass is 10.0. The average molecular weight is 410 g/mol. The molecule has 0 radical (unpaired) electrons. The number of carbonyl (C=O) groups is 1. The minimum absolute atomic E-state index is 0.0000347. The fraction of sp³-hybridized carbons (Fsp3) is 0.350. The number of likely N-dealkylation sites (tertiary alicyclic amines) is 1. The molecular formula is C20H23N7OS. The maximum absolute atomic E-state index is 12.5. The van der Waals surface area contributed by atoms with Gasteiger partial charge < -0.3 is 15.2 Å². The van der Waals surface area contributed by atoms with E-state index in [0.29, 0.717) is 18.9 Å². The first-order chi connectivity index (χ1) is 14.0. The van der Waals surface area contributed by atoms with Crippen LogP contribution in [0.1, 0.15) is 40.1 Å². The molecular weight excluding hydrogens is 386 g/mol. The molecule has 8 nitrogen and oxygen atoms in total. The van der Waals surface area contributed by atoms with Gasteiger partial charge in [0.25, 0.3) is 0 Å². The lowest BCUT2D eigenvalue weighted by molar-refractivity contribution is -0.124. The van der Waals surface area contributed by atoms with Crippen molar-refractivity contribution in [3.05, 3.63) is 52.4 Å². The third-order valence-electron chi connectivity index (χ3n) is 4.96. The van der Waals surface area contributed by atoms with E-state index in [0.717, 1.165) is 34.5 Å². The Morgan fingerprint density at radius 3 is 2.90 bits per heavy atom. The molecule has 4 rings (SSSR count). The van der Waals surface area contributed by atoms with E-state index in [-0.39, 0.29) is 11.8 Å². The number of hydrogen-bond donors (Lipinski definition) is 2. The second-order valence-corrected chi connectivity index (χ2v) is 8.32. The maximum Gasteiger partial charge on any atom is 0.246 e. The SMILES string of the molecule is Cc1nc(Nc2nc(C)c(C)s2)cc(C2CCN(C(=O)C=Cc3cnc[nH]3)C2)n1. The number of thiazole rings is 1. The summed E-state index contributed by atoms with van der Waals surface area (Å²) in [7, 11) is 0. The van der Waals surface area contributed by atoms with Crippen LogP contribution in [0.3, 0.4) is 0 Å². The Bertz CT molecular complexity index is 1020. The van der Waals surface area contributed by atoms with Crippen molar-refractivity contribution in [1.29, 1.82) is 0 Å². The molecule has 1 aliphatic rings. The van der Waals surface area contributed by atoms with Gasteiger partial charge in [-0.2, -0.15) is 0 Å². The van der Waals surface area contributed by atoms with Crippen LogP contribution in [0.5, 0.6) is 0 Å². The van der Waals surface area contributed by atoms with Crippen molar-refractivity contribution in [2.75, 3.05) is 18.4 Å². The molecule has 1 unspecified atom stereocenters. The van der Waals surface area contributed by atoms with Crippen LogP contribution in [0.2, 0.25) is 0 Å². The number of hydrogen-bond acceptors (Lipinski definition) is 7. The van der Waals surface area contributed by atoms with Gasteiger partial charge >= 0.3 is 0 Å². The summed E-state index contributed by atoms with van der Waals surface area (Å²) in [5.41, 5.74) is 2.79. The van der Waals surface area contributed by atoms with Crippen molar-refractivity contribution in [1.82, 2.24) is 29.8 Å². The predicted octanol–water partition coefficient (Wildman–Crippen LogP) is 3.35. The smallest absolute Gasteiger partial charge is 0.246 e. The molecule has 2 N–H and O–H groups in total. The molecule has 0 aliphatic carbocycles. The quantitative estimate of drug-likeness (QED) is 0.627. The number of H-pyrrole nitrogens is 1. The molecule has 3 aromatic rings. The first-order valence-electron chi connectivity index (χ1n) is 9.50. The third-order valence-corrected chi connectivity index (χ3v) is 5.95. The normalized spacial score (nSPS) is 16.7. The summed E-state index contributed by atoms with van der Waals surface area (Å²) in [6.07, 6.45) is 7.49. The maximum atomic E-state index is 12.5. The van der Waals surface area contributed by atoms with Gasteiger partial charge in [0, 0.05) is 36.0 Å². The zero-order chi connectivity index (χ0) is 20.4. The first kappa shape index (κ1) is 19.3. The Balaban J connectivity index is 1.44. The van der Waals surface area contributed by atoms with E-state index in [1.54, 1.807) is 36.0 Å². The molecule has 4 heterocycles. The van der Waals surface area contributed by atoms with Crippen molar-refractivity contribution in [2.24, 2.45) is 0 Å². The van der Waals surface area contributed by atoms with E-state index >= 15 is 0 Å². The molecule has 0 saturated carbocycles. The highest BCUT2D eigenvalue weighted by atomic mass is 32.1. The minimum atomic E-state index is -0.0000347. The molecule has 1 aliphatic heterocycles. The van der Waals surface area contributed by atoms with Gasteiger partial charge in [0.05, 0.1) is 29.6 Å². The van der Waals surface area contributed by atoms with Crippen LogP contribution in [0, 0.1) is 20.8 Å². The van der Waals surface area contributed by atoms with E-state index in [1.165, 1.54) is 4.88 Å². The zero-order valence-corrected chi connectivity index (χ0v) is 17.5. The standard InChI is InChI=1S/C20H23N7OS/c1-12-13(2)29-20(23-12)26-18-8-17(24-14(3)25-18)15-6-7-27(10-15)19(28)5-4-16-9-21-11-22-16/h4-5,8-9,11,15H,6-7,10H2,1-3H3,(H,21,22)(H,23,24,25,26). The Morgan fingerprint density at radius 2 is 2.17 bits per heavy atom. The van der Waals surface area contributed by atoms with Gasteiger partial charge in [-0.05, 0) is 33.3 Å². The summed E-state index contributed by atoms with van der Waals surface area (Å²) in [5.74, 6) is 1.64. The van der Waals surface area contributed by atoms with E-state index in [2.05, 4.69) is 37.2 Å². The third kappa shape index (κ3) is 4.51. The molecule has 29 heavy (non-hydrogen) atoms. The number of anilines is 2. The van der Waals surface area contributed by atoms with Gasteiger partial charge in [-0.3, -0.25) is 4.79 Å².